The number of rotatable bonds is 4. The van der Waals surface area contributed by atoms with E-state index in [0.29, 0.717) is 11.6 Å². The Hall–Kier alpha value is -2.73. The molecule has 3 rings (SSSR count). The topological polar surface area (TPSA) is 66.9 Å². The molecule has 1 aromatic heterocycles. The molecule has 126 valence electrons. The first kappa shape index (κ1) is 17.1. The maximum absolute atomic E-state index is 12.4. The number of nitrogens with one attached hydrogen (secondary N) is 2. The smallest absolute Gasteiger partial charge is 0.274 e. The summed E-state index contributed by atoms with van der Waals surface area (Å²) < 4.78 is 0.991. The fourth-order valence-electron chi connectivity index (χ4n) is 2.18. The van der Waals surface area contributed by atoms with Gasteiger partial charge in [0, 0.05) is 22.0 Å². The van der Waals surface area contributed by atoms with Crippen molar-refractivity contribution in [2.75, 3.05) is 10.6 Å². The maximum atomic E-state index is 12.4. The molecule has 0 spiro atoms. The molecule has 2 N–H and O–H groups in total. The molecule has 2 aromatic carbocycles. The summed E-state index contributed by atoms with van der Waals surface area (Å²) in [5, 5.41) is 5.93. The number of amides is 1. The molecule has 0 saturated heterocycles. The molecule has 0 fully saturated rings. The Morgan fingerprint density at radius 3 is 2.44 bits per heavy atom. The highest BCUT2D eigenvalue weighted by Gasteiger charge is 2.10. The molecule has 0 radical (unpaired) electrons. The van der Waals surface area contributed by atoms with E-state index in [1.165, 1.54) is 0 Å². The minimum atomic E-state index is -0.278. The summed E-state index contributed by atoms with van der Waals surface area (Å²) in [6, 6.07) is 15.0. The van der Waals surface area contributed by atoms with Crippen molar-refractivity contribution in [3.8, 4) is 0 Å². The quantitative estimate of drug-likeness (QED) is 0.661. The highest BCUT2D eigenvalue weighted by atomic mass is 79.9. The zero-order valence-electron chi connectivity index (χ0n) is 13.9. The number of nitrogens with zero attached hydrogens (tertiary/aromatic N) is 2. The number of carbonyl (C=O) groups excluding carboxylic acids is 1. The molecule has 3 aromatic rings. The van der Waals surface area contributed by atoms with E-state index in [1.807, 2.05) is 56.3 Å². The molecule has 0 bridgehead atoms. The van der Waals surface area contributed by atoms with Crippen LogP contribution in [0.25, 0.3) is 0 Å². The van der Waals surface area contributed by atoms with Crippen molar-refractivity contribution in [2.45, 2.75) is 13.8 Å². The predicted molar refractivity (Wildman–Crippen MR) is 103 cm³/mol. The Labute approximate surface area is 154 Å². The van der Waals surface area contributed by atoms with E-state index in [2.05, 4.69) is 36.5 Å². The van der Waals surface area contributed by atoms with Gasteiger partial charge in [0.1, 0.15) is 5.69 Å². The summed E-state index contributed by atoms with van der Waals surface area (Å²) in [5.74, 6) is 0.0895. The third-order valence-electron chi connectivity index (χ3n) is 3.63. The van der Waals surface area contributed by atoms with Gasteiger partial charge in [-0.05, 0) is 49.7 Å². The Kier molecular flexibility index (Phi) is 5.09. The number of hydrogen-bond acceptors (Lipinski definition) is 4. The minimum Gasteiger partial charge on any atom is -0.324 e. The van der Waals surface area contributed by atoms with E-state index in [9.17, 15) is 4.79 Å². The van der Waals surface area contributed by atoms with E-state index >= 15 is 0 Å². The number of aromatic nitrogens is 2. The molecule has 1 heterocycles. The van der Waals surface area contributed by atoms with Crippen LogP contribution in [0.3, 0.4) is 0 Å². The largest absolute Gasteiger partial charge is 0.324 e. The first-order valence-corrected chi connectivity index (χ1v) is 8.55. The Morgan fingerprint density at radius 2 is 1.72 bits per heavy atom. The van der Waals surface area contributed by atoms with Crippen LogP contribution in [0.2, 0.25) is 0 Å². The van der Waals surface area contributed by atoms with Crippen LogP contribution in [0.4, 0.5) is 17.3 Å². The lowest BCUT2D eigenvalue weighted by atomic mass is 10.2. The minimum absolute atomic E-state index is 0.278. The molecule has 5 nitrogen and oxygen atoms in total. The van der Waals surface area contributed by atoms with Crippen LogP contribution in [-0.2, 0) is 0 Å². The van der Waals surface area contributed by atoms with Gasteiger partial charge in [-0.15, -0.1) is 0 Å². The van der Waals surface area contributed by atoms with Gasteiger partial charge in [0.05, 0.1) is 0 Å². The van der Waals surface area contributed by atoms with Crippen LogP contribution >= 0.6 is 15.9 Å². The van der Waals surface area contributed by atoms with E-state index in [1.54, 1.807) is 12.3 Å². The summed E-state index contributed by atoms with van der Waals surface area (Å²) in [6.45, 7) is 4.01. The lowest BCUT2D eigenvalue weighted by Gasteiger charge is -2.08. The summed E-state index contributed by atoms with van der Waals surface area (Å²) in [7, 11) is 0. The van der Waals surface area contributed by atoms with Crippen molar-refractivity contribution in [2.24, 2.45) is 0 Å². The Bertz CT molecular complexity index is 910. The second-order valence-electron chi connectivity index (χ2n) is 5.67. The molecule has 1 amide bonds. The third-order valence-corrected chi connectivity index (χ3v) is 4.48. The van der Waals surface area contributed by atoms with E-state index in [4.69, 9.17) is 0 Å². The van der Waals surface area contributed by atoms with Crippen molar-refractivity contribution < 1.29 is 4.79 Å². The van der Waals surface area contributed by atoms with Crippen molar-refractivity contribution in [1.29, 1.82) is 0 Å². The van der Waals surface area contributed by atoms with Gasteiger partial charge in [0.25, 0.3) is 5.91 Å². The number of benzene rings is 2. The molecular weight excluding hydrogens is 380 g/mol. The van der Waals surface area contributed by atoms with Crippen molar-refractivity contribution in [1.82, 2.24) is 9.97 Å². The highest BCUT2D eigenvalue weighted by molar-refractivity contribution is 9.10. The fraction of sp³-hybridized carbons (Fsp3) is 0.105. The van der Waals surface area contributed by atoms with Gasteiger partial charge >= 0.3 is 0 Å². The molecule has 0 aliphatic heterocycles. The Morgan fingerprint density at radius 1 is 1.00 bits per heavy atom. The first-order chi connectivity index (χ1) is 12.0. The second kappa shape index (κ2) is 7.44. The normalized spacial score (nSPS) is 10.4. The number of anilines is 3. The van der Waals surface area contributed by atoms with Crippen LogP contribution < -0.4 is 10.6 Å². The molecule has 25 heavy (non-hydrogen) atoms. The highest BCUT2D eigenvalue weighted by Crippen LogP contribution is 2.22. The van der Waals surface area contributed by atoms with Gasteiger partial charge in [-0.2, -0.15) is 0 Å². The zero-order valence-corrected chi connectivity index (χ0v) is 15.5. The average Bonchev–Trinajstić information content (AvgIpc) is 2.60. The van der Waals surface area contributed by atoms with Gasteiger partial charge in [0.15, 0.2) is 0 Å². The standard InChI is InChI=1S/C19H17BrN4O/c1-12-3-6-14(7-4-12)22-18(25)17-9-10-21-19(24-17)23-15-8-5-13(2)16(20)11-15/h3-11H,1-2H3,(H,22,25)(H,21,23,24). The van der Waals surface area contributed by atoms with Crippen LogP contribution in [0, 0.1) is 13.8 Å². The van der Waals surface area contributed by atoms with Crippen LogP contribution in [0.1, 0.15) is 21.6 Å². The maximum Gasteiger partial charge on any atom is 0.274 e. The predicted octanol–water partition coefficient (Wildman–Crippen LogP) is 4.85. The van der Waals surface area contributed by atoms with Crippen molar-refractivity contribution in [3.05, 3.63) is 76.0 Å². The van der Waals surface area contributed by atoms with Gasteiger partial charge in [0.2, 0.25) is 5.95 Å². The molecule has 0 atom stereocenters. The molecule has 0 unspecified atom stereocenters. The second-order valence-corrected chi connectivity index (χ2v) is 6.53. The van der Waals surface area contributed by atoms with Gasteiger partial charge in [-0.3, -0.25) is 4.79 Å². The third kappa shape index (κ3) is 4.42. The van der Waals surface area contributed by atoms with Crippen molar-refractivity contribution >= 4 is 39.2 Å². The number of carbonyl (C=O) groups is 1. The molecule has 0 aliphatic carbocycles. The lowest BCUT2D eigenvalue weighted by molar-refractivity contribution is 0.102. The van der Waals surface area contributed by atoms with E-state index < -0.39 is 0 Å². The van der Waals surface area contributed by atoms with E-state index in [0.717, 1.165) is 27.0 Å². The van der Waals surface area contributed by atoms with Crippen LogP contribution in [-0.4, -0.2) is 15.9 Å². The molecule has 0 aliphatic rings. The number of hydrogen-bond donors (Lipinski definition) is 2. The lowest BCUT2D eigenvalue weighted by Crippen LogP contribution is -2.14. The van der Waals surface area contributed by atoms with Crippen molar-refractivity contribution in [3.63, 3.8) is 0 Å². The summed E-state index contributed by atoms with van der Waals surface area (Å²) in [4.78, 5) is 20.8. The molecule has 0 saturated carbocycles. The number of aryl methyl sites for hydroxylation is 2. The SMILES string of the molecule is Cc1ccc(NC(=O)c2ccnc(Nc3ccc(C)c(Br)c3)n2)cc1. The number of halogens is 1. The van der Waals surface area contributed by atoms with Gasteiger partial charge in [-0.1, -0.05) is 39.7 Å². The van der Waals surface area contributed by atoms with E-state index in [-0.39, 0.29) is 5.91 Å². The van der Waals surface area contributed by atoms with Gasteiger partial charge < -0.3 is 10.6 Å². The van der Waals surface area contributed by atoms with Crippen LogP contribution in [0.5, 0.6) is 0 Å². The first-order valence-electron chi connectivity index (χ1n) is 7.75. The monoisotopic (exact) mass is 396 g/mol. The summed E-state index contributed by atoms with van der Waals surface area (Å²) >= 11 is 3.49. The zero-order chi connectivity index (χ0) is 17.8. The van der Waals surface area contributed by atoms with Crippen LogP contribution in [0.15, 0.2) is 59.2 Å². The summed E-state index contributed by atoms with van der Waals surface area (Å²) in [6.07, 6.45) is 1.56. The summed E-state index contributed by atoms with van der Waals surface area (Å²) in [5.41, 5.74) is 4.14. The molecular formula is C19H17BrN4O. The van der Waals surface area contributed by atoms with Gasteiger partial charge in [-0.25, -0.2) is 9.97 Å². The Balaban J connectivity index is 1.75. The molecule has 6 heteroatoms. The average molecular weight is 397 g/mol. The fourth-order valence-corrected chi connectivity index (χ4v) is 2.56.